The van der Waals surface area contributed by atoms with Gasteiger partial charge in [-0.1, -0.05) is 0 Å². The first kappa shape index (κ1) is 8.12. The van der Waals surface area contributed by atoms with Gasteiger partial charge in [0.2, 0.25) is 0 Å². The average molecular weight is 192 g/mol. The van der Waals surface area contributed by atoms with Crippen molar-refractivity contribution in [1.82, 2.24) is 15.0 Å². The molecule has 2 heterocycles. The van der Waals surface area contributed by atoms with Gasteiger partial charge in [0, 0.05) is 11.6 Å². The Hall–Kier alpha value is -1.49. The molecule has 0 atom stereocenters. The van der Waals surface area contributed by atoms with Crippen molar-refractivity contribution >= 4 is 17.2 Å². The third-order valence-corrected chi connectivity index (χ3v) is 2.15. The average Bonchev–Trinajstić information content (AvgIpc) is 2.69. The van der Waals surface area contributed by atoms with Crippen LogP contribution in [0.3, 0.4) is 0 Å². The SMILES string of the molecule is c1cc(NCc2cscn2)ncn1. The Morgan fingerprint density at radius 2 is 2.38 bits per heavy atom. The zero-order valence-corrected chi connectivity index (χ0v) is 7.66. The van der Waals surface area contributed by atoms with Gasteiger partial charge in [-0.3, -0.25) is 0 Å². The Bertz CT molecular complexity index is 346. The zero-order valence-electron chi connectivity index (χ0n) is 6.84. The second kappa shape index (κ2) is 3.95. The lowest BCUT2D eigenvalue weighted by atomic mass is 10.4. The minimum Gasteiger partial charge on any atom is -0.364 e. The maximum absolute atomic E-state index is 4.14. The first-order valence-electron chi connectivity index (χ1n) is 3.82. The van der Waals surface area contributed by atoms with Crippen molar-refractivity contribution in [1.29, 1.82) is 0 Å². The number of hydrogen-bond acceptors (Lipinski definition) is 5. The molecule has 4 nitrogen and oxygen atoms in total. The van der Waals surface area contributed by atoms with Gasteiger partial charge < -0.3 is 5.32 Å². The first-order valence-corrected chi connectivity index (χ1v) is 4.76. The Morgan fingerprint density at radius 3 is 3.08 bits per heavy atom. The fourth-order valence-corrected chi connectivity index (χ4v) is 1.46. The Labute approximate surface area is 79.7 Å². The summed E-state index contributed by atoms with van der Waals surface area (Å²) in [6, 6.07) is 1.83. The van der Waals surface area contributed by atoms with E-state index in [1.54, 1.807) is 17.5 Å². The Balaban J connectivity index is 1.94. The predicted octanol–water partition coefficient (Wildman–Crippen LogP) is 1.55. The van der Waals surface area contributed by atoms with Crippen molar-refractivity contribution in [3.63, 3.8) is 0 Å². The highest BCUT2D eigenvalue weighted by atomic mass is 32.1. The van der Waals surface area contributed by atoms with Crippen molar-refractivity contribution in [3.8, 4) is 0 Å². The van der Waals surface area contributed by atoms with Gasteiger partial charge in [-0.2, -0.15) is 0 Å². The van der Waals surface area contributed by atoms with Gasteiger partial charge in [0.25, 0.3) is 0 Å². The maximum Gasteiger partial charge on any atom is 0.129 e. The Morgan fingerprint density at radius 1 is 1.38 bits per heavy atom. The summed E-state index contributed by atoms with van der Waals surface area (Å²) in [6.45, 7) is 0.709. The molecule has 0 amide bonds. The summed E-state index contributed by atoms with van der Waals surface area (Å²) in [4.78, 5) is 12.0. The molecule has 0 unspecified atom stereocenters. The van der Waals surface area contributed by atoms with Crippen molar-refractivity contribution in [2.24, 2.45) is 0 Å². The summed E-state index contributed by atoms with van der Waals surface area (Å²) in [6.07, 6.45) is 3.22. The molecule has 0 aliphatic carbocycles. The summed E-state index contributed by atoms with van der Waals surface area (Å²) in [5.74, 6) is 0.822. The second-order valence-corrected chi connectivity index (χ2v) is 3.15. The highest BCUT2D eigenvalue weighted by Gasteiger charge is 1.94. The summed E-state index contributed by atoms with van der Waals surface area (Å²) < 4.78 is 0. The predicted molar refractivity (Wildman–Crippen MR) is 51.5 cm³/mol. The molecule has 0 spiro atoms. The van der Waals surface area contributed by atoms with Gasteiger partial charge in [0.05, 0.1) is 17.7 Å². The molecule has 66 valence electrons. The van der Waals surface area contributed by atoms with E-state index in [0.717, 1.165) is 11.5 Å². The third kappa shape index (κ3) is 2.22. The van der Waals surface area contributed by atoms with E-state index in [1.807, 2.05) is 17.0 Å². The van der Waals surface area contributed by atoms with Gasteiger partial charge in [-0.15, -0.1) is 11.3 Å². The summed E-state index contributed by atoms with van der Waals surface area (Å²) in [5, 5.41) is 5.15. The van der Waals surface area contributed by atoms with Crippen LogP contribution in [0, 0.1) is 0 Å². The normalized spacial score (nSPS) is 9.85. The smallest absolute Gasteiger partial charge is 0.129 e. The topological polar surface area (TPSA) is 50.7 Å². The number of nitrogens with zero attached hydrogens (tertiary/aromatic N) is 3. The molecule has 0 fully saturated rings. The van der Waals surface area contributed by atoms with Crippen LogP contribution in [0.25, 0.3) is 0 Å². The molecule has 0 aliphatic rings. The van der Waals surface area contributed by atoms with Gasteiger partial charge in [0.1, 0.15) is 12.1 Å². The zero-order chi connectivity index (χ0) is 8.93. The van der Waals surface area contributed by atoms with Crippen LogP contribution < -0.4 is 5.32 Å². The van der Waals surface area contributed by atoms with E-state index in [-0.39, 0.29) is 0 Å². The number of anilines is 1. The van der Waals surface area contributed by atoms with Crippen LogP contribution in [0.5, 0.6) is 0 Å². The minimum atomic E-state index is 0.709. The van der Waals surface area contributed by atoms with Crippen LogP contribution in [0.4, 0.5) is 5.82 Å². The maximum atomic E-state index is 4.14. The number of thiazole rings is 1. The fourth-order valence-electron chi connectivity index (χ4n) is 0.901. The highest BCUT2D eigenvalue weighted by Crippen LogP contribution is 2.04. The first-order chi connectivity index (χ1) is 6.45. The van der Waals surface area contributed by atoms with E-state index in [4.69, 9.17) is 0 Å². The fraction of sp³-hybridized carbons (Fsp3) is 0.125. The van der Waals surface area contributed by atoms with E-state index < -0.39 is 0 Å². The number of hydrogen-bond donors (Lipinski definition) is 1. The van der Waals surface area contributed by atoms with Crippen molar-refractivity contribution in [2.75, 3.05) is 5.32 Å². The van der Waals surface area contributed by atoms with Gasteiger partial charge >= 0.3 is 0 Å². The van der Waals surface area contributed by atoms with Crippen LogP contribution >= 0.6 is 11.3 Å². The number of rotatable bonds is 3. The summed E-state index contributed by atoms with van der Waals surface area (Å²) >= 11 is 1.59. The molecule has 2 aromatic rings. The second-order valence-electron chi connectivity index (χ2n) is 2.43. The van der Waals surface area contributed by atoms with E-state index in [9.17, 15) is 0 Å². The summed E-state index contributed by atoms with van der Waals surface area (Å²) in [5.41, 5.74) is 2.85. The molecule has 1 N–H and O–H groups in total. The molecule has 5 heteroatoms. The lowest BCUT2D eigenvalue weighted by Gasteiger charge is -2.00. The van der Waals surface area contributed by atoms with Crippen LogP contribution in [0.2, 0.25) is 0 Å². The van der Waals surface area contributed by atoms with Crippen molar-refractivity contribution in [2.45, 2.75) is 6.54 Å². The quantitative estimate of drug-likeness (QED) is 0.801. The number of aromatic nitrogens is 3. The molecular weight excluding hydrogens is 184 g/mol. The molecule has 0 aliphatic heterocycles. The van der Waals surface area contributed by atoms with E-state index in [0.29, 0.717) is 6.54 Å². The number of nitrogens with one attached hydrogen (secondary N) is 1. The minimum absolute atomic E-state index is 0.709. The monoisotopic (exact) mass is 192 g/mol. The van der Waals surface area contributed by atoms with Crippen molar-refractivity contribution in [3.05, 3.63) is 35.2 Å². The molecular formula is C8H8N4S. The van der Waals surface area contributed by atoms with Crippen LogP contribution in [0.1, 0.15) is 5.69 Å². The molecule has 0 saturated heterocycles. The van der Waals surface area contributed by atoms with Crippen LogP contribution in [-0.4, -0.2) is 15.0 Å². The standard InChI is InChI=1S/C8H8N4S/c1-2-9-5-11-8(1)10-3-7-4-13-6-12-7/h1-2,4-6H,3H2,(H,9,10,11). The van der Waals surface area contributed by atoms with Gasteiger partial charge in [0.15, 0.2) is 0 Å². The highest BCUT2D eigenvalue weighted by molar-refractivity contribution is 7.07. The van der Waals surface area contributed by atoms with Gasteiger partial charge in [-0.25, -0.2) is 15.0 Å². The molecule has 2 aromatic heterocycles. The van der Waals surface area contributed by atoms with E-state index in [2.05, 4.69) is 20.3 Å². The molecule has 0 bridgehead atoms. The van der Waals surface area contributed by atoms with Gasteiger partial charge in [-0.05, 0) is 6.07 Å². The van der Waals surface area contributed by atoms with E-state index in [1.165, 1.54) is 6.33 Å². The molecule has 0 radical (unpaired) electrons. The van der Waals surface area contributed by atoms with Crippen LogP contribution in [-0.2, 0) is 6.54 Å². The van der Waals surface area contributed by atoms with Crippen molar-refractivity contribution < 1.29 is 0 Å². The molecule has 0 saturated carbocycles. The third-order valence-electron chi connectivity index (χ3n) is 1.52. The van der Waals surface area contributed by atoms with Crippen LogP contribution in [0.15, 0.2) is 29.5 Å². The lowest BCUT2D eigenvalue weighted by Crippen LogP contribution is -2.00. The lowest BCUT2D eigenvalue weighted by molar-refractivity contribution is 1.04. The Kier molecular flexibility index (Phi) is 2.47. The molecule has 0 aromatic carbocycles. The molecule has 13 heavy (non-hydrogen) atoms. The molecule has 2 rings (SSSR count). The summed E-state index contributed by atoms with van der Waals surface area (Å²) in [7, 11) is 0. The largest absolute Gasteiger partial charge is 0.364 e. The van der Waals surface area contributed by atoms with E-state index >= 15 is 0 Å².